The summed E-state index contributed by atoms with van der Waals surface area (Å²) in [5, 5.41) is 4.98. The number of rotatable bonds is 4. The van der Waals surface area contributed by atoms with Gasteiger partial charge in [0.15, 0.2) is 0 Å². The van der Waals surface area contributed by atoms with Gasteiger partial charge >= 0.3 is 0 Å². The van der Waals surface area contributed by atoms with Gasteiger partial charge < -0.3 is 5.32 Å². The van der Waals surface area contributed by atoms with Gasteiger partial charge in [-0.2, -0.15) is 0 Å². The Balaban J connectivity index is 1.77. The van der Waals surface area contributed by atoms with Crippen molar-refractivity contribution >= 4 is 17.2 Å². The van der Waals surface area contributed by atoms with E-state index in [1.165, 1.54) is 5.56 Å². The Kier molecular flexibility index (Phi) is 4.35. The maximum absolute atomic E-state index is 12.3. The Morgan fingerprint density at radius 2 is 1.77 bits per heavy atom. The smallest absolute Gasteiger partial charge is 0.251 e. The van der Waals surface area contributed by atoms with Crippen molar-refractivity contribution < 1.29 is 4.79 Å². The van der Waals surface area contributed by atoms with Crippen LogP contribution in [0.4, 0.5) is 0 Å². The first kappa shape index (κ1) is 14.5. The van der Waals surface area contributed by atoms with Gasteiger partial charge in [-0.05, 0) is 41.6 Å². The van der Waals surface area contributed by atoms with Gasteiger partial charge in [0.05, 0.1) is 6.54 Å². The van der Waals surface area contributed by atoms with Crippen molar-refractivity contribution in [2.45, 2.75) is 13.5 Å². The molecule has 1 N–H and O–H groups in total. The van der Waals surface area contributed by atoms with E-state index >= 15 is 0 Å². The highest BCUT2D eigenvalue weighted by Crippen LogP contribution is 2.21. The van der Waals surface area contributed by atoms with Crippen molar-refractivity contribution in [2.24, 2.45) is 0 Å². The molecular formula is C19H17NOS. The van der Waals surface area contributed by atoms with Crippen LogP contribution in [0.15, 0.2) is 66.0 Å². The average Bonchev–Trinajstić information content (AvgIpc) is 3.06. The van der Waals surface area contributed by atoms with Crippen LogP contribution < -0.4 is 5.32 Å². The fraction of sp³-hybridized carbons (Fsp3) is 0.105. The molecule has 0 bridgehead atoms. The second-order valence-electron chi connectivity index (χ2n) is 5.21. The Hall–Kier alpha value is -2.39. The zero-order valence-corrected chi connectivity index (χ0v) is 13.2. The molecule has 2 aromatic carbocycles. The summed E-state index contributed by atoms with van der Waals surface area (Å²) in [5.74, 6) is -0.0390. The fourth-order valence-electron chi connectivity index (χ4n) is 2.35. The van der Waals surface area contributed by atoms with Crippen molar-refractivity contribution in [3.8, 4) is 11.1 Å². The molecule has 0 aliphatic carbocycles. The Morgan fingerprint density at radius 1 is 1.00 bits per heavy atom. The van der Waals surface area contributed by atoms with Crippen LogP contribution >= 0.6 is 11.3 Å². The second kappa shape index (κ2) is 6.58. The van der Waals surface area contributed by atoms with E-state index in [0.29, 0.717) is 12.1 Å². The summed E-state index contributed by atoms with van der Waals surface area (Å²) in [4.78, 5) is 13.4. The van der Waals surface area contributed by atoms with Gasteiger partial charge in [0, 0.05) is 10.4 Å². The van der Waals surface area contributed by atoms with Crippen LogP contribution in [0.2, 0.25) is 0 Å². The van der Waals surface area contributed by atoms with E-state index in [4.69, 9.17) is 0 Å². The van der Waals surface area contributed by atoms with Crippen LogP contribution in [0.25, 0.3) is 11.1 Å². The topological polar surface area (TPSA) is 29.1 Å². The van der Waals surface area contributed by atoms with E-state index < -0.39 is 0 Å². The molecule has 3 rings (SSSR count). The van der Waals surface area contributed by atoms with Gasteiger partial charge in [-0.1, -0.05) is 48.0 Å². The third-order valence-corrected chi connectivity index (χ3v) is 4.36. The van der Waals surface area contributed by atoms with E-state index in [1.54, 1.807) is 11.3 Å². The lowest BCUT2D eigenvalue weighted by Crippen LogP contribution is -2.22. The average molecular weight is 307 g/mol. The quantitative estimate of drug-likeness (QED) is 0.746. The van der Waals surface area contributed by atoms with Crippen molar-refractivity contribution in [1.82, 2.24) is 5.32 Å². The SMILES string of the molecule is Cc1cccc(-c2cccc(C(=O)NCc3cccs3)c2)c1. The lowest BCUT2D eigenvalue weighted by Gasteiger charge is -2.07. The molecule has 0 aliphatic heterocycles. The highest BCUT2D eigenvalue weighted by molar-refractivity contribution is 7.09. The van der Waals surface area contributed by atoms with Gasteiger partial charge in [0.1, 0.15) is 0 Å². The van der Waals surface area contributed by atoms with Gasteiger partial charge in [-0.25, -0.2) is 0 Å². The van der Waals surface area contributed by atoms with Crippen molar-refractivity contribution in [1.29, 1.82) is 0 Å². The summed E-state index contributed by atoms with van der Waals surface area (Å²) in [5.41, 5.74) is 4.10. The highest BCUT2D eigenvalue weighted by atomic mass is 32.1. The summed E-state index contributed by atoms with van der Waals surface area (Å²) in [6.45, 7) is 2.65. The Bertz CT molecular complexity index is 778. The number of carbonyl (C=O) groups excluding carboxylic acids is 1. The molecule has 0 unspecified atom stereocenters. The van der Waals surface area contributed by atoms with Crippen LogP contribution in [-0.4, -0.2) is 5.91 Å². The van der Waals surface area contributed by atoms with Gasteiger partial charge in [0.2, 0.25) is 0 Å². The second-order valence-corrected chi connectivity index (χ2v) is 6.24. The number of hydrogen-bond acceptors (Lipinski definition) is 2. The van der Waals surface area contributed by atoms with E-state index in [9.17, 15) is 4.79 Å². The number of aryl methyl sites for hydroxylation is 1. The summed E-state index contributed by atoms with van der Waals surface area (Å²) < 4.78 is 0. The lowest BCUT2D eigenvalue weighted by atomic mass is 10.0. The van der Waals surface area contributed by atoms with E-state index in [-0.39, 0.29) is 5.91 Å². The number of carbonyl (C=O) groups is 1. The summed E-state index contributed by atoms with van der Waals surface area (Å²) in [7, 11) is 0. The van der Waals surface area contributed by atoms with Crippen LogP contribution in [0.5, 0.6) is 0 Å². The molecule has 0 radical (unpaired) electrons. The zero-order chi connectivity index (χ0) is 15.4. The summed E-state index contributed by atoms with van der Waals surface area (Å²) in [6.07, 6.45) is 0. The summed E-state index contributed by atoms with van der Waals surface area (Å²) in [6, 6.07) is 20.1. The molecule has 0 fully saturated rings. The number of amides is 1. The fourth-order valence-corrected chi connectivity index (χ4v) is 2.99. The molecule has 1 heterocycles. The van der Waals surface area contributed by atoms with Crippen molar-refractivity contribution in [3.05, 3.63) is 82.0 Å². The first-order chi connectivity index (χ1) is 10.7. The Morgan fingerprint density at radius 3 is 2.50 bits per heavy atom. The van der Waals surface area contributed by atoms with Gasteiger partial charge in [-0.15, -0.1) is 11.3 Å². The monoisotopic (exact) mass is 307 g/mol. The molecule has 2 nitrogen and oxygen atoms in total. The zero-order valence-electron chi connectivity index (χ0n) is 12.4. The van der Waals surface area contributed by atoms with Crippen LogP contribution in [-0.2, 0) is 6.54 Å². The summed E-state index contributed by atoms with van der Waals surface area (Å²) >= 11 is 1.65. The number of nitrogens with one attached hydrogen (secondary N) is 1. The molecular weight excluding hydrogens is 290 g/mol. The molecule has 22 heavy (non-hydrogen) atoms. The molecule has 110 valence electrons. The first-order valence-corrected chi connectivity index (χ1v) is 8.08. The number of benzene rings is 2. The van der Waals surface area contributed by atoms with E-state index in [2.05, 4.69) is 30.4 Å². The Labute approximate surface area is 134 Å². The van der Waals surface area contributed by atoms with Gasteiger partial charge in [-0.3, -0.25) is 4.79 Å². The molecule has 0 spiro atoms. The maximum Gasteiger partial charge on any atom is 0.251 e. The predicted octanol–water partition coefficient (Wildman–Crippen LogP) is 4.65. The third kappa shape index (κ3) is 3.43. The largest absolute Gasteiger partial charge is 0.347 e. The first-order valence-electron chi connectivity index (χ1n) is 7.20. The number of hydrogen-bond donors (Lipinski definition) is 1. The minimum atomic E-state index is -0.0390. The molecule has 0 atom stereocenters. The standard InChI is InChI=1S/C19H17NOS/c1-14-5-2-6-15(11-14)16-7-3-8-17(12-16)19(21)20-13-18-9-4-10-22-18/h2-12H,13H2,1H3,(H,20,21). The van der Waals surface area contributed by atoms with Crippen molar-refractivity contribution in [3.63, 3.8) is 0 Å². The number of thiophene rings is 1. The normalized spacial score (nSPS) is 10.4. The van der Waals surface area contributed by atoms with Crippen LogP contribution in [0, 0.1) is 6.92 Å². The minimum absolute atomic E-state index is 0.0390. The molecule has 0 aliphatic rings. The van der Waals surface area contributed by atoms with Crippen LogP contribution in [0.3, 0.4) is 0 Å². The minimum Gasteiger partial charge on any atom is -0.347 e. The molecule has 1 amide bonds. The highest BCUT2D eigenvalue weighted by Gasteiger charge is 2.07. The molecule has 0 saturated heterocycles. The third-order valence-electron chi connectivity index (χ3n) is 3.48. The van der Waals surface area contributed by atoms with Crippen molar-refractivity contribution in [2.75, 3.05) is 0 Å². The van der Waals surface area contributed by atoms with E-state index in [1.807, 2.05) is 47.8 Å². The molecule has 1 aromatic heterocycles. The molecule has 3 aromatic rings. The van der Waals surface area contributed by atoms with E-state index in [0.717, 1.165) is 16.0 Å². The molecule has 3 heteroatoms. The predicted molar refractivity (Wildman–Crippen MR) is 92.1 cm³/mol. The van der Waals surface area contributed by atoms with Gasteiger partial charge in [0.25, 0.3) is 5.91 Å². The maximum atomic E-state index is 12.3. The lowest BCUT2D eigenvalue weighted by molar-refractivity contribution is 0.0951. The molecule has 0 saturated carbocycles. The van der Waals surface area contributed by atoms with Crippen LogP contribution in [0.1, 0.15) is 20.8 Å².